The molecule has 23 heavy (non-hydrogen) atoms. The summed E-state index contributed by atoms with van der Waals surface area (Å²) in [5.74, 6) is -0.533. The van der Waals surface area contributed by atoms with Crippen LogP contribution < -0.4 is 5.32 Å². The number of nitrogens with zero attached hydrogens (tertiary/aromatic N) is 1. The molecular weight excluding hydrogens is 299 g/mol. The number of ether oxygens (including phenoxy) is 1. The number of rotatable bonds is 3. The normalized spacial score (nSPS) is 16.1. The van der Waals surface area contributed by atoms with Crippen LogP contribution in [-0.2, 0) is 9.53 Å². The third kappa shape index (κ3) is 4.81. The SMILES string of the molecule is COC(=O)N1CCC(NC(=O)C=C(C)c2cccc(F)c2)CC1. The van der Waals surface area contributed by atoms with E-state index < -0.39 is 0 Å². The van der Waals surface area contributed by atoms with Crippen molar-refractivity contribution in [1.82, 2.24) is 10.2 Å². The summed E-state index contributed by atoms with van der Waals surface area (Å²) < 4.78 is 17.9. The lowest BCUT2D eigenvalue weighted by molar-refractivity contribution is -0.117. The van der Waals surface area contributed by atoms with Crippen LogP contribution in [0.25, 0.3) is 5.57 Å². The van der Waals surface area contributed by atoms with Gasteiger partial charge in [-0.15, -0.1) is 0 Å². The maximum absolute atomic E-state index is 13.2. The van der Waals surface area contributed by atoms with Crippen molar-refractivity contribution in [3.8, 4) is 0 Å². The van der Waals surface area contributed by atoms with E-state index in [0.29, 0.717) is 37.1 Å². The highest BCUT2D eigenvalue weighted by Crippen LogP contribution is 2.15. The molecule has 0 unspecified atom stereocenters. The van der Waals surface area contributed by atoms with E-state index in [1.807, 2.05) is 0 Å². The second-order valence-electron chi connectivity index (χ2n) is 5.58. The van der Waals surface area contributed by atoms with E-state index in [9.17, 15) is 14.0 Å². The lowest BCUT2D eigenvalue weighted by Gasteiger charge is -2.31. The van der Waals surface area contributed by atoms with Crippen LogP contribution in [-0.4, -0.2) is 43.1 Å². The molecular formula is C17H21FN2O3. The van der Waals surface area contributed by atoms with E-state index in [1.54, 1.807) is 24.0 Å². The van der Waals surface area contributed by atoms with Crippen molar-refractivity contribution in [1.29, 1.82) is 0 Å². The maximum Gasteiger partial charge on any atom is 0.409 e. The van der Waals surface area contributed by atoms with Gasteiger partial charge in [0.15, 0.2) is 0 Å². The number of allylic oxidation sites excluding steroid dienone is 1. The van der Waals surface area contributed by atoms with Crippen molar-refractivity contribution < 1.29 is 18.7 Å². The van der Waals surface area contributed by atoms with Crippen LogP contribution in [0.2, 0.25) is 0 Å². The van der Waals surface area contributed by atoms with Crippen molar-refractivity contribution in [3.05, 3.63) is 41.7 Å². The highest BCUT2D eigenvalue weighted by Gasteiger charge is 2.23. The lowest BCUT2D eigenvalue weighted by atomic mass is 10.0. The Bertz CT molecular complexity index is 608. The Morgan fingerprint density at radius 1 is 1.35 bits per heavy atom. The summed E-state index contributed by atoms with van der Waals surface area (Å²) >= 11 is 0. The van der Waals surface area contributed by atoms with E-state index in [0.717, 1.165) is 0 Å². The summed E-state index contributed by atoms with van der Waals surface area (Å²) in [7, 11) is 1.36. The minimum Gasteiger partial charge on any atom is -0.453 e. The van der Waals surface area contributed by atoms with E-state index in [4.69, 9.17) is 0 Å². The molecule has 0 radical (unpaired) electrons. The Morgan fingerprint density at radius 2 is 2.04 bits per heavy atom. The number of hydrogen-bond acceptors (Lipinski definition) is 3. The second kappa shape index (κ2) is 7.76. The Morgan fingerprint density at radius 3 is 2.65 bits per heavy atom. The zero-order chi connectivity index (χ0) is 16.8. The van der Waals surface area contributed by atoms with Gasteiger partial charge >= 0.3 is 6.09 Å². The zero-order valence-corrected chi connectivity index (χ0v) is 13.3. The maximum atomic E-state index is 13.2. The van der Waals surface area contributed by atoms with Gasteiger partial charge in [-0.1, -0.05) is 12.1 Å². The first-order valence-corrected chi connectivity index (χ1v) is 7.57. The molecule has 6 heteroatoms. The standard InChI is InChI=1S/C17H21FN2O3/c1-12(13-4-3-5-14(18)11-13)10-16(21)19-15-6-8-20(9-7-15)17(22)23-2/h3-5,10-11,15H,6-9H2,1-2H3,(H,19,21). The van der Waals surface area contributed by atoms with Gasteiger partial charge in [-0.2, -0.15) is 0 Å². The minimum atomic E-state index is -0.336. The topological polar surface area (TPSA) is 58.6 Å². The third-order valence-electron chi connectivity index (χ3n) is 3.90. The van der Waals surface area contributed by atoms with Gasteiger partial charge in [-0.05, 0) is 43.0 Å². The van der Waals surface area contributed by atoms with Crippen molar-refractivity contribution in [2.75, 3.05) is 20.2 Å². The molecule has 5 nitrogen and oxygen atoms in total. The summed E-state index contributed by atoms with van der Waals surface area (Å²) in [4.78, 5) is 25.1. The number of benzene rings is 1. The highest BCUT2D eigenvalue weighted by molar-refractivity contribution is 5.95. The molecule has 1 N–H and O–H groups in total. The van der Waals surface area contributed by atoms with Crippen LogP contribution in [0, 0.1) is 5.82 Å². The molecule has 0 aliphatic carbocycles. The quantitative estimate of drug-likeness (QED) is 0.871. The Hall–Kier alpha value is -2.37. The van der Waals surface area contributed by atoms with Gasteiger partial charge in [0, 0.05) is 25.2 Å². The Balaban J connectivity index is 1.88. The molecule has 0 spiro atoms. The van der Waals surface area contributed by atoms with Crippen LogP contribution in [0.1, 0.15) is 25.3 Å². The van der Waals surface area contributed by atoms with Gasteiger partial charge in [0.05, 0.1) is 7.11 Å². The molecule has 1 fully saturated rings. The number of carbonyl (C=O) groups is 2. The average molecular weight is 320 g/mol. The van der Waals surface area contributed by atoms with Crippen molar-refractivity contribution in [2.45, 2.75) is 25.8 Å². The van der Waals surface area contributed by atoms with E-state index in [1.165, 1.54) is 25.3 Å². The van der Waals surface area contributed by atoms with Gasteiger partial charge < -0.3 is 15.0 Å². The lowest BCUT2D eigenvalue weighted by Crippen LogP contribution is -2.46. The molecule has 1 aliphatic heterocycles. The predicted molar refractivity (Wildman–Crippen MR) is 85.2 cm³/mol. The first-order chi connectivity index (χ1) is 11.0. The largest absolute Gasteiger partial charge is 0.453 e. The molecule has 0 saturated carbocycles. The highest BCUT2D eigenvalue weighted by atomic mass is 19.1. The molecule has 1 aliphatic rings. The predicted octanol–water partition coefficient (Wildman–Crippen LogP) is 2.58. The van der Waals surface area contributed by atoms with Crippen LogP contribution in [0.3, 0.4) is 0 Å². The third-order valence-corrected chi connectivity index (χ3v) is 3.90. The van der Waals surface area contributed by atoms with E-state index in [-0.39, 0.29) is 23.9 Å². The molecule has 2 amide bonds. The molecule has 0 aromatic heterocycles. The van der Waals surface area contributed by atoms with Crippen molar-refractivity contribution in [3.63, 3.8) is 0 Å². The first kappa shape index (κ1) is 17.0. The average Bonchev–Trinajstić information content (AvgIpc) is 2.54. The summed E-state index contributed by atoms with van der Waals surface area (Å²) in [6, 6.07) is 6.17. The fourth-order valence-corrected chi connectivity index (χ4v) is 2.59. The molecule has 2 rings (SSSR count). The van der Waals surface area contributed by atoms with Crippen LogP contribution in [0.5, 0.6) is 0 Å². The number of piperidine rings is 1. The zero-order valence-electron chi connectivity index (χ0n) is 13.3. The number of nitrogens with one attached hydrogen (secondary N) is 1. The van der Waals surface area contributed by atoms with E-state index in [2.05, 4.69) is 10.1 Å². The fourth-order valence-electron chi connectivity index (χ4n) is 2.59. The number of amides is 2. The first-order valence-electron chi connectivity index (χ1n) is 7.57. The fraction of sp³-hybridized carbons (Fsp3) is 0.412. The summed E-state index contributed by atoms with van der Waals surface area (Å²) in [5.41, 5.74) is 1.38. The number of methoxy groups -OCH3 is 1. The van der Waals surface area contributed by atoms with Gasteiger partial charge in [-0.3, -0.25) is 4.79 Å². The van der Waals surface area contributed by atoms with E-state index >= 15 is 0 Å². The molecule has 0 atom stereocenters. The van der Waals surface area contributed by atoms with Gasteiger partial charge in [0.25, 0.3) is 0 Å². The number of likely N-dealkylation sites (tertiary alicyclic amines) is 1. The van der Waals surface area contributed by atoms with Gasteiger partial charge in [-0.25, -0.2) is 9.18 Å². The molecule has 1 aromatic carbocycles. The molecule has 1 heterocycles. The molecule has 124 valence electrons. The molecule has 1 saturated heterocycles. The summed E-state index contributed by atoms with van der Waals surface area (Å²) in [5, 5.41) is 2.92. The number of halogens is 1. The molecule has 1 aromatic rings. The van der Waals surface area contributed by atoms with Crippen molar-refractivity contribution >= 4 is 17.6 Å². The monoisotopic (exact) mass is 320 g/mol. The van der Waals surface area contributed by atoms with Gasteiger partial charge in [0.1, 0.15) is 5.82 Å². The second-order valence-corrected chi connectivity index (χ2v) is 5.58. The smallest absolute Gasteiger partial charge is 0.409 e. The molecule has 0 bridgehead atoms. The van der Waals surface area contributed by atoms with Crippen LogP contribution in [0.4, 0.5) is 9.18 Å². The Labute approximate surface area is 135 Å². The van der Waals surface area contributed by atoms with Crippen molar-refractivity contribution in [2.24, 2.45) is 0 Å². The van der Waals surface area contributed by atoms with Crippen LogP contribution >= 0.6 is 0 Å². The van der Waals surface area contributed by atoms with Gasteiger partial charge in [0.2, 0.25) is 5.91 Å². The Kier molecular flexibility index (Phi) is 5.73. The number of carbonyl (C=O) groups excluding carboxylic acids is 2. The summed E-state index contributed by atoms with van der Waals surface area (Å²) in [6.45, 7) is 2.89. The minimum absolute atomic E-state index is 0.0277. The van der Waals surface area contributed by atoms with Crippen LogP contribution in [0.15, 0.2) is 30.3 Å². The number of hydrogen-bond donors (Lipinski definition) is 1. The summed E-state index contributed by atoms with van der Waals surface area (Å²) in [6.07, 6.45) is 2.51.